The first-order valence-corrected chi connectivity index (χ1v) is 6.67. The molecule has 84 valence electrons. The maximum atomic E-state index is 2.56. The lowest BCUT2D eigenvalue weighted by Gasteiger charge is -2.48. The van der Waals surface area contributed by atoms with Crippen molar-refractivity contribution in [2.75, 3.05) is 0 Å². The number of fused-ring (bicyclic) bond motifs is 1. The zero-order chi connectivity index (χ0) is 10.8. The monoisotopic (exact) mass is 204 g/mol. The van der Waals surface area contributed by atoms with Crippen molar-refractivity contribution in [3.8, 4) is 0 Å². The van der Waals surface area contributed by atoms with E-state index in [1.807, 2.05) is 0 Å². The molecular formula is C15H24. The van der Waals surface area contributed by atoms with Gasteiger partial charge >= 0.3 is 0 Å². The first kappa shape index (κ1) is 9.93. The summed E-state index contributed by atoms with van der Waals surface area (Å²) in [5.74, 6) is 2.93. The van der Waals surface area contributed by atoms with Crippen LogP contribution in [0.15, 0.2) is 11.6 Å². The second-order valence-electron chi connectivity index (χ2n) is 6.87. The number of hydrogen-bond acceptors (Lipinski definition) is 0. The van der Waals surface area contributed by atoms with Gasteiger partial charge in [-0.05, 0) is 61.2 Å². The Bertz CT molecular complexity index is 323. The van der Waals surface area contributed by atoms with Crippen LogP contribution in [0.4, 0.5) is 0 Å². The van der Waals surface area contributed by atoms with E-state index in [4.69, 9.17) is 0 Å². The quantitative estimate of drug-likeness (QED) is 0.513. The van der Waals surface area contributed by atoms with Crippen molar-refractivity contribution in [1.82, 2.24) is 0 Å². The molecule has 4 atom stereocenters. The van der Waals surface area contributed by atoms with Crippen molar-refractivity contribution in [3.05, 3.63) is 11.6 Å². The normalized spacial score (nSPS) is 51.5. The van der Waals surface area contributed by atoms with E-state index in [1.165, 1.54) is 25.7 Å². The highest BCUT2D eigenvalue weighted by Gasteiger charge is 2.64. The zero-order valence-corrected chi connectivity index (χ0v) is 10.6. The standard InChI is InChI=1S/C15H24/c1-10-7-8-15-11(2)5-6-12(9-13(10)15)14(15,3)4/h5,10,12-13H,6-9H2,1-4H3/t10-,12-,13-,15+/m0/s1. The second kappa shape index (κ2) is 2.70. The predicted octanol–water partition coefficient (Wildman–Crippen LogP) is 4.42. The maximum absolute atomic E-state index is 2.56. The van der Waals surface area contributed by atoms with Crippen molar-refractivity contribution < 1.29 is 0 Å². The van der Waals surface area contributed by atoms with Gasteiger partial charge < -0.3 is 0 Å². The highest BCUT2D eigenvalue weighted by molar-refractivity contribution is 5.30. The van der Waals surface area contributed by atoms with Crippen LogP contribution in [0.1, 0.15) is 53.4 Å². The smallest absolute Gasteiger partial charge is 0.000604 e. The van der Waals surface area contributed by atoms with Crippen LogP contribution in [-0.4, -0.2) is 0 Å². The van der Waals surface area contributed by atoms with Crippen molar-refractivity contribution in [1.29, 1.82) is 0 Å². The van der Waals surface area contributed by atoms with Gasteiger partial charge in [-0.15, -0.1) is 0 Å². The van der Waals surface area contributed by atoms with Gasteiger partial charge in [-0.25, -0.2) is 0 Å². The third-order valence-corrected chi connectivity index (χ3v) is 6.43. The van der Waals surface area contributed by atoms with Crippen LogP contribution in [0.3, 0.4) is 0 Å². The summed E-state index contributed by atoms with van der Waals surface area (Å²) >= 11 is 0. The largest absolute Gasteiger partial charge is 0.0847 e. The zero-order valence-electron chi connectivity index (χ0n) is 10.6. The molecule has 0 aromatic heterocycles. The minimum absolute atomic E-state index is 0.571. The molecule has 0 N–H and O–H groups in total. The molecule has 0 heterocycles. The van der Waals surface area contributed by atoms with Crippen LogP contribution >= 0.6 is 0 Å². The van der Waals surface area contributed by atoms with Gasteiger partial charge in [0.2, 0.25) is 0 Å². The van der Waals surface area contributed by atoms with Crippen molar-refractivity contribution in [2.45, 2.75) is 53.4 Å². The molecule has 0 nitrogen and oxygen atoms in total. The van der Waals surface area contributed by atoms with Crippen LogP contribution in [0.2, 0.25) is 0 Å². The van der Waals surface area contributed by atoms with Gasteiger partial charge in [-0.2, -0.15) is 0 Å². The van der Waals surface area contributed by atoms with Gasteiger partial charge in [0.05, 0.1) is 0 Å². The molecule has 0 heteroatoms. The van der Waals surface area contributed by atoms with E-state index in [9.17, 15) is 0 Å². The second-order valence-corrected chi connectivity index (χ2v) is 6.87. The molecule has 2 fully saturated rings. The number of allylic oxidation sites excluding steroid dienone is 2. The Morgan fingerprint density at radius 1 is 1.33 bits per heavy atom. The Morgan fingerprint density at radius 2 is 2.07 bits per heavy atom. The van der Waals surface area contributed by atoms with Gasteiger partial charge in [0.1, 0.15) is 0 Å². The molecule has 3 aliphatic rings. The SMILES string of the molecule is CC1=CC[C@H]2C[C@H]3[C@@H](C)CC[C@@]13C2(C)C. The molecule has 0 saturated heterocycles. The molecule has 2 saturated carbocycles. The van der Waals surface area contributed by atoms with E-state index in [0.29, 0.717) is 10.8 Å². The number of hydrogen-bond donors (Lipinski definition) is 0. The molecule has 0 aromatic carbocycles. The van der Waals surface area contributed by atoms with Crippen molar-refractivity contribution in [3.63, 3.8) is 0 Å². The fourth-order valence-electron chi connectivity index (χ4n) is 5.42. The van der Waals surface area contributed by atoms with E-state index < -0.39 is 0 Å². The average molecular weight is 204 g/mol. The topological polar surface area (TPSA) is 0 Å². The minimum atomic E-state index is 0.571. The molecule has 0 radical (unpaired) electrons. The highest BCUT2D eigenvalue weighted by atomic mass is 14.7. The molecule has 15 heavy (non-hydrogen) atoms. The highest BCUT2D eigenvalue weighted by Crippen LogP contribution is 2.72. The molecule has 3 rings (SSSR count). The average Bonchev–Trinajstić information content (AvgIpc) is 2.53. The molecule has 0 amide bonds. The molecule has 1 spiro atoms. The lowest BCUT2D eigenvalue weighted by Crippen LogP contribution is -2.41. The minimum Gasteiger partial charge on any atom is -0.0847 e. The lowest BCUT2D eigenvalue weighted by atomic mass is 9.56. The van der Waals surface area contributed by atoms with Gasteiger partial charge in [0.25, 0.3) is 0 Å². The van der Waals surface area contributed by atoms with Gasteiger partial charge in [-0.3, -0.25) is 0 Å². The summed E-state index contributed by atoms with van der Waals surface area (Å²) in [5.41, 5.74) is 2.90. The summed E-state index contributed by atoms with van der Waals surface area (Å²) in [4.78, 5) is 0. The Morgan fingerprint density at radius 3 is 2.80 bits per heavy atom. The van der Waals surface area contributed by atoms with Crippen LogP contribution in [-0.2, 0) is 0 Å². The van der Waals surface area contributed by atoms with Crippen LogP contribution < -0.4 is 0 Å². The molecule has 0 aromatic rings. The predicted molar refractivity (Wildman–Crippen MR) is 64.6 cm³/mol. The van der Waals surface area contributed by atoms with Crippen LogP contribution in [0, 0.1) is 28.6 Å². The fraction of sp³-hybridized carbons (Fsp3) is 0.867. The Kier molecular flexibility index (Phi) is 1.79. The van der Waals surface area contributed by atoms with E-state index in [-0.39, 0.29) is 0 Å². The van der Waals surface area contributed by atoms with Gasteiger partial charge in [0.15, 0.2) is 0 Å². The Labute approximate surface area is 94.1 Å². The Balaban J connectivity index is 2.17. The van der Waals surface area contributed by atoms with E-state index in [1.54, 1.807) is 5.57 Å². The molecule has 0 aliphatic heterocycles. The molecule has 2 bridgehead atoms. The lowest BCUT2D eigenvalue weighted by molar-refractivity contribution is 0.0786. The maximum Gasteiger partial charge on any atom is -0.000604 e. The van der Waals surface area contributed by atoms with Crippen LogP contribution in [0.25, 0.3) is 0 Å². The first-order chi connectivity index (χ1) is 7.00. The van der Waals surface area contributed by atoms with E-state index in [0.717, 1.165) is 17.8 Å². The van der Waals surface area contributed by atoms with Crippen LogP contribution in [0.5, 0.6) is 0 Å². The van der Waals surface area contributed by atoms with Gasteiger partial charge in [-0.1, -0.05) is 32.4 Å². The molecular weight excluding hydrogens is 180 g/mol. The van der Waals surface area contributed by atoms with Crippen molar-refractivity contribution in [2.24, 2.45) is 28.6 Å². The van der Waals surface area contributed by atoms with E-state index >= 15 is 0 Å². The molecule has 3 aliphatic carbocycles. The number of rotatable bonds is 0. The summed E-state index contributed by atoms with van der Waals surface area (Å²) in [5, 5.41) is 0. The summed E-state index contributed by atoms with van der Waals surface area (Å²) in [6.07, 6.45) is 8.34. The van der Waals surface area contributed by atoms with Gasteiger partial charge in [0, 0.05) is 0 Å². The summed E-state index contributed by atoms with van der Waals surface area (Å²) < 4.78 is 0. The summed E-state index contributed by atoms with van der Waals surface area (Å²) in [6.45, 7) is 10.00. The third-order valence-electron chi connectivity index (χ3n) is 6.43. The Hall–Kier alpha value is -0.260. The summed E-state index contributed by atoms with van der Waals surface area (Å²) in [7, 11) is 0. The summed E-state index contributed by atoms with van der Waals surface area (Å²) in [6, 6.07) is 0. The van der Waals surface area contributed by atoms with Crippen molar-refractivity contribution >= 4 is 0 Å². The van der Waals surface area contributed by atoms with E-state index in [2.05, 4.69) is 33.8 Å². The third kappa shape index (κ3) is 0.905. The fourth-order valence-corrected chi connectivity index (χ4v) is 5.42. The first-order valence-electron chi connectivity index (χ1n) is 6.67. The molecule has 0 unspecified atom stereocenters.